The molecule has 46 valence electrons. The van der Waals surface area contributed by atoms with Crippen molar-refractivity contribution in [1.29, 1.82) is 5.26 Å². The predicted molar refractivity (Wildman–Crippen MR) is 29.9 cm³/mol. The third kappa shape index (κ3) is 2.43. The molecule has 0 aliphatic carbocycles. The molecule has 1 atom stereocenters. The maximum absolute atomic E-state index is 8.44. The lowest BCUT2D eigenvalue weighted by Crippen LogP contribution is -2.27. The van der Waals surface area contributed by atoms with Gasteiger partial charge < -0.3 is 10.4 Å². The standard InChI is InChI=1S/C5H10N2O/c1-2-5(3-8)7-4-6/h5,7-8H,2-3H2,1H3/t5-/m0/s1. The van der Waals surface area contributed by atoms with Crippen molar-refractivity contribution in [3.05, 3.63) is 0 Å². The number of aliphatic hydroxyl groups is 1. The fourth-order valence-corrected chi connectivity index (χ4v) is 0.368. The van der Waals surface area contributed by atoms with Gasteiger partial charge >= 0.3 is 0 Å². The predicted octanol–water partition coefficient (Wildman–Crippen LogP) is -0.172. The van der Waals surface area contributed by atoms with Crippen molar-refractivity contribution in [3.8, 4) is 6.19 Å². The molecule has 0 heterocycles. The van der Waals surface area contributed by atoms with Crippen molar-refractivity contribution in [2.75, 3.05) is 6.61 Å². The van der Waals surface area contributed by atoms with E-state index in [2.05, 4.69) is 5.32 Å². The summed E-state index contributed by atoms with van der Waals surface area (Å²) < 4.78 is 0. The Labute approximate surface area is 48.9 Å². The number of rotatable bonds is 3. The van der Waals surface area contributed by atoms with E-state index < -0.39 is 0 Å². The number of nitrogens with zero attached hydrogens (tertiary/aromatic N) is 1. The molecular weight excluding hydrogens is 104 g/mol. The summed E-state index contributed by atoms with van der Waals surface area (Å²) in [4.78, 5) is 0. The zero-order valence-electron chi connectivity index (χ0n) is 4.89. The molecule has 8 heavy (non-hydrogen) atoms. The highest BCUT2D eigenvalue weighted by Gasteiger charge is 1.98. The molecule has 0 rings (SSSR count). The van der Waals surface area contributed by atoms with Gasteiger partial charge in [-0.15, -0.1) is 0 Å². The molecule has 0 spiro atoms. The highest BCUT2D eigenvalue weighted by molar-refractivity contribution is 4.73. The lowest BCUT2D eigenvalue weighted by molar-refractivity contribution is 0.250. The highest BCUT2D eigenvalue weighted by Crippen LogP contribution is 1.85. The number of hydrogen-bond donors (Lipinski definition) is 2. The molecule has 3 nitrogen and oxygen atoms in total. The Kier molecular flexibility index (Phi) is 4.00. The molecule has 0 aromatic rings. The summed E-state index contributed by atoms with van der Waals surface area (Å²) in [6, 6.07) is -0.0556. The van der Waals surface area contributed by atoms with Gasteiger partial charge in [-0.1, -0.05) is 6.92 Å². The molecule has 0 fully saturated rings. The van der Waals surface area contributed by atoms with Gasteiger partial charge in [-0.3, -0.25) is 0 Å². The average Bonchev–Trinajstić information content (AvgIpc) is 1.83. The third-order valence-electron chi connectivity index (χ3n) is 0.982. The second-order valence-electron chi connectivity index (χ2n) is 1.54. The van der Waals surface area contributed by atoms with E-state index in [1.54, 1.807) is 6.19 Å². The normalized spacial score (nSPS) is 12.1. The lowest BCUT2D eigenvalue weighted by atomic mass is 10.2. The van der Waals surface area contributed by atoms with Crippen LogP contribution in [0.2, 0.25) is 0 Å². The Bertz CT molecular complexity index is 82.9. The Morgan fingerprint density at radius 2 is 2.50 bits per heavy atom. The summed E-state index contributed by atoms with van der Waals surface area (Å²) in [5.41, 5.74) is 0. The minimum absolute atomic E-state index is 0.0318. The van der Waals surface area contributed by atoms with E-state index in [0.717, 1.165) is 6.42 Å². The van der Waals surface area contributed by atoms with Gasteiger partial charge in [0.1, 0.15) is 0 Å². The van der Waals surface area contributed by atoms with Crippen LogP contribution < -0.4 is 5.32 Å². The summed E-state index contributed by atoms with van der Waals surface area (Å²) in [5, 5.41) is 18.9. The van der Waals surface area contributed by atoms with Crippen LogP contribution in [0.5, 0.6) is 0 Å². The van der Waals surface area contributed by atoms with Crippen molar-refractivity contribution in [2.24, 2.45) is 0 Å². The Morgan fingerprint density at radius 1 is 1.88 bits per heavy atom. The van der Waals surface area contributed by atoms with E-state index in [0.29, 0.717) is 0 Å². The highest BCUT2D eigenvalue weighted by atomic mass is 16.3. The maximum atomic E-state index is 8.44. The molecule has 0 aliphatic heterocycles. The van der Waals surface area contributed by atoms with Crippen LogP contribution in [0, 0.1) is 11.5 Å². The van der Waals surface area contributed by atoms with Crippen LogP contribution >= 0.6 is 0 Å². The van der Waals surface area contributed by atoms with E-state index in [1.807, 2.05) is 6.92 Å². The van der Waals surface area contributed by atoms with Gasteiger partial charge in [0.2, 0.25) is 0 Å². The van der Waals surface area contributed by atoms with Crippen molar-refractivity contribution in [1.82, 2.24) is 5.32 Å². The van der Waals surface area contributed by atoms with E-state index in [4.69, 9.17) is 10.4 Å². The SMILES string of the molecule is CC[C@@H](CO)NC#N. The first-order valence-electron chi connectivity index (χ1n) is 2.60. The maximum Gasteiger partial charge on any atom is 0.176 e. The average molecular weight is 114 g/mol. The molecule has 0 radical (unpaired) electrons. The molecule has 0 unspecified atom stereocenters. The summed E-state index contributed by atoms with van der Waals surface area (Å²) in [6.45, 7) is 1.94. The van der Waals surface area contributed by atoms with E-state index in [-0.39, 0.29) is 12.6 Å². The van der Waals surface area contributed by atoms with E-state index in [1.165, 1.54) is 0 Å². The number of nitrogens with one attached hydrogen (secondary N) is 1. The molecule has 0 saturated heterocycles. The summed E-state index contributed by atoms with van der Waals surface area (Å²) >= 11 is 0. The second-order valence-corrected chi connectivity index (χ2v) is 1.54. The lowest BCUT2D eigenvalue weighted by Gasteiger charge is -2.06. The van der Waals surface area contributed by atoms with Gasteiger partial charge in [0.15, 0.2) is 6.19 Å². The van der Waals surface area contributed by atoms with Crippen LogP contribution in [0.4, 0.5) is 0 Å². The van der Waals surface area contributed by atoms with Crippen LogP contribution in [0.25, 0.3) is 0 Å². The summed E-state index contributed by atoms with van der Waals surface area (Å²) in [6.07, 6.45) is 2.54. The van der Waals surface area contributed by atoms with Gasteiger partial charge in [0.05, 0.1) is 12.6 Å². The Hall–Kier alpha value is -0.750. The summed E-state index contributed by atoms with van der Waals surface area (Å²) in [7, 11) is 0. The van der Waals surface area contributed by atoms with Gasteiger partial charge in [0, 0.05) is 0 Å². The second kappa shape index (κ2) is 4.41. The molecule has 2 N–H and O–H groups in total. The van der Waals surface area contributed by atoms with Crippen molar-refractivity contribution in [2.45, 2.75) is 19.4 Å². The number of aliphatic hydroxyl groups excluding tert-OH is 1. The van der Waals surface area contributed by atoms with E-state index in [9.17, 15) is 0 Å². The number of nitriles is 1. The van der Waals surface area contributed by atoms with E-state index >= 15 is 0 Å². The minimum atomic E-state index is -0.0556. The molecule has 0 aromatic carbocycles. The molecule has 0 amide bonds. The molecule has 0 saturated carbocycles. The first-order valence-corrected chi connectivity index (χ1v) is 2.60. The number of hydrogen-bond acceptors (Lipinski definition) is 3. The van der Waals surface area contributed by atoms with Crippen LogP contribution in [0.1, 0.15) is 13.3 Å². The fourth-order valence-electron chi connectivity index (χ4n) is 0.368. The van der Waals surface area contributed by atoms with Crippen molar-refractivity contribution >= 4 is 0 Å². The van der Waals surface area contributed by atoms with Gasteiger partial charge in [-0.05, 0) is 6.42 Å². The van der Waals surface area contributed by atoms with Crippen LogP contribution in [0.3, 0.4) is 0 Å². The van der Waals surface area contributed by atoms with Crippen LogP contribution in [0.15, 0.2) is 0 Å². The monoisotopic (exact) mass is 114 g/mol. The zero-order chi connectivity index (χ0) is 6.41. The smallest absolute Gasteiger partial charge is 0.176 e. The van der Waals surface area contributed by atoms with Gasteiger partial charge in [0.25, 0.3) is 0 Å². The first kappa shape index (κ1) is 7.25. The van der Waals surface area contributed by atoms with Crippen molar-refractivity contribution < 1.29 is 5.11 Å². The zero-order valence-corrected chi connectivity index (χ0v) is 4.89. The first-order chi connectivity index (χ1) is 3.85. The van der Waals surface area contributed by atoms with Crippen LogP contribution in [-0.4, -0.2) is 17.8 Å². The minimum Gasteiger partial charge on any atom is -0.394 e. The fraction of sp³-hybridized carbons (Fsp3) is 0.800. The van der Waals surface area contributed by atoms with Crippen molar-refractivity contribution in [3.63, 3.8) is 0 Å². The molecule has 0 bridgehead atoms. The topological polar surface area (TPSA) is 56.0 Å². The molecule has 0 aliphatic rings. The molecular formula is C5H10N2O. The van der Waals surface area contributed by atoms with Gasteiger partial charge in [-0.2, -0.15) is 5.26 Å². The summed E-state index contributed by atoms with van der Waals surface area (Å²) in [5.74, 6) is 0. The molecule has 0 aromatic heterocycles. The Morgan fingerprint density at radius 3 is 2.62 bits per heavy atom. The largest absolute Gasteiger partial charge is 0.394 e. The van der Waals surface area contributed by atoms with Crippen LogP contribution in [-0.2, 0) is 0 Å². The third-order valence-corrected chi connectivity index (χ3v) is 0.982. The van der Waals surface area contributed by atoms with Gasteiger partial charge in [-0.25, -0.2) is 0 Å². The molecule has 3 heteroatoms. The Balaban J connectivity index is 3.25. The quantitative estimate of drug-likeness (QED) is 0.395.